The zero-order valence-electron chi connectivity index (χ0n) is 50.0. The fourth-order valence-electron chi connectivity index (χ4n) is 10.2. The third-order valence-electron chi connectivity index (χ3n) is 15.2. The molecule has 448 valence electrons. The van der Waals surface area contributed by atoms with Crippen molar-refractivity contribution in [1.29, 1.82) is 0 Å². The predicted molar refractivity (Wildman–Crippen MR) is 312 cm³/mol. The smallest absolute Gasteiger partial charge is 0.306 e. The van der Waals surface area contributed by atoms with Gasteiger partial charge in [0.25, 0.3) is 0 Å². The Balaban J connectivity index is 5.35. The third kappa shape index (κ3) is 41.6. The molecule has 9 atom stereocenters. The highest BCUT2D eigenvalue weighted by atomic mass is 16.5. The predicted octanol–water partition coefficient (Wildman–Crippen LogP) is 11.3. The number of hydrogen-bond acceptors (Lipinski definition) is 13. The molecule has 0 aliphatic rings. The number of amides is 1. The van der Waals surface area contributed by atoms with Gasteiger partial charge in [-0.05, 0) is 135 Å². The molecule has 0 rings (SSSR count). The number of aliphatic hydroxyl groups is 4. The molecule has 0 heterocycles. The molecule has 0 aliphatic heterocycles. The summed E-state index contributed by atoms with van der Waals surface area (Å²) in [5.74, 6) is 0.164. The first kappa shape index (κ1) is 73.5. The zero-order chi connectivity index (χ0) is 56.6. The Morgan fingerprint density at radius 3 is 1.30 bits per heavy atom. The standard InChI is InChI=1S/C62H120N4O10/c1-9-16-20-21-35-53(68)46-65(47-54(69)36-23-22-33-51(13-5)32-17-10-2)44-30-28-34-52(50-67)64-62(74)59(63-8)41-29-31-45-66(48-55(70)37-24-26-42-60(72)75-57(14-6)39-18-11-3)49-56(71)38-25-27-43-61(73)76-58(15-7)40-19-12-4/h9,50-59,63,68-71H,1,10-49H2,2-8H3,(H,64,74). The third-order valence-corrected chi connectivity index (χ3v) is 15.2. The van der Waals surface area contributed by atoms with Crippen molar-refractivity contribution in [3.05, 3.63) is 12.7 Å². The summed E-state index contributed by atoms with van der Waals surface area (Å²) in [6.07, 6.45) is 28.8. The Kier molecular flexibility index (Phi) is 49.1. The van der Waals surface area contributed by atoms with Crippen LogP contribution in [0.1, 0.15) is 260 Å². The fraction of sp³-hybridized carbons (Fsp3) is 0.903. The topological polar surface area (TPSA) is 198 Å². The van der Waals surface area contributed by atoms with Gasteiger partial charge in [0.05, 0.1) is 36.5 Å². The number of rotatable bonds is 56. The zero-order valence-corrected chi connectivity index (χ0v) is 50.0. The molecule has 0 bridgehead atoms. The molecule has 0 aromatic heterocycles. The first-order valence-electron chi connectivity index (χ1n) is 31.3. The number of unbranched alkanes of at least 4 members (excludes halogenated alkanes) is 10. The van der Waals surface area contributed by atoms with E-state index < -0.39 is 36.5 Å². The van der Waals surface area contributed by atoms with Crippen LogP contribution in [0.25, 0.3) is 0 Å². The van der Waals surface area contributed by atoms with E-state index in [1.54, 1.807) is 7.05 Å². The first-order valence-corrected chi connectivity index (χ1v) is 31.3. The molecule has 6 N–H and O–H groups in total. The van der Waals surface area contributed by atoms with Crippen LogP contribution in [0.5, 0.6) is 0 Å². The molecule has 0 fully saturated rings. The van der Waals surface area contributed by atoms with Crippen molar-refractivity contribution in [3.63, 3.8) is 0 Å². The van der Waals surface area contributed by atoms with Crippen molar-refractivity contribution in [1.82, 2.24) is 20.4 Å². The molecule has 14 heteroatoms. The highest BCUT2D eigenvalue weighted by Crippen LogP contribution is 2.21. The summed E-state index contributed by atoms with van der Waals surface area (Å²) in [6.45, 7) is 19.7. The number of aliphatic hydroxyl groups excluding tert-OH is 4. The van der Waals surface area contributed by atoms with Gasteiger partial charge in [-0.25, -0.2) is 0 Å². The number of ether oxygens (including phenoxy) is 2. The van der Waals surface area contributed by atoms with Crippen molar-refractivity contribution < 1.29 is 49.1 Å². The Bertz CT molecular complexity index is 1350. The number of aldehydes is 1. The van der Waals surface area contributed by atoms with Crippen LogP contribution in [-0.4, -0.2) is 149 Å². The Labute approximate surface area is 465 Å². The van der Waals surface area contributed by atoms with E-state index in [4.69, 9.17) is 9.47 Å². The van der Waals surface area contributed by atoms with Crippen LogP contribution in [0, 0.1) is 5.92 Å². The minimum atomic E-state index is -0.645. The molecule has 0 radical (unpaired) electrons. The second-order valence-electron chi connectivity index (χ2n) is 22.3. The lowest BCUT2D eigenvalue weighted by Crippen LogP contribution is -2.47. The van der Waals surface area contributed by atoms with Gasteiger partial charge in [0.1, 0.15) is 18.5 Å². The van der Waals surface area contributed by atoms with E-state index in [0.717, 1.165) is 115 Å². The maximum Gasteiger partial charge on any atom is 0.306 e. The number of allylic oxidation sites excluding steroid dienone is 1. The summed E-state index contributed by atoms with van der Waals surface area (Å²) in [4.78, 5) is 55.0. The van der Waals surface area contributed by atoms with E-state index >= 15 is 0 Å². The van der Waals surface area contributed by atoms with E-state index in [-0.39, 0.29) is 30.1 Å². The summed E-state index contributed by atoms with van der Waals surface area (Å²) in [6, 6.07) is -1.13. The maximum absolute atomic E-state index is 13.5. The molecule has 0 aromatic rings. The van der Waals surface area contributed by atoms with Crippen LogP contribution >= 0.6 is 0 Å². The average molecular weight is 1080 g/mol. The molecular formula is C62H120N4O10. The number of esters is 2. The van der Waals surface area contributed by atoms with Gasteiger partial charge in [-0.2, -0.15) is 0 Å². The van der Waals surface area contributed by atoms with E-state index in [9.17, 15) is 39.6 Å². The summed E-state index contributed by atoms with van der Waals surface area (Å²) in [5.41, 5.74) is 0. The Morgan fingerprint density at radius 1 is 0.500 bits per heavy atom. The van der Waals surface area contributed by atoms with Crippen molar-refractivity contribution in [2.24, 2.45) is 5.92 Å². The molecule has 0 spiro atoms. The molecule has 76 heavy (non-hydrogen) atoms. The molecule has 14 nitrogen and oxygen atoms in total. The van der Waals surface area contributed by atoms with Crippen molar-refractivity contribution in [3.8, 4) is 0 Å². The van der Waals surface area contributed by atoms with Crippen LogP contribution in [-0.2, 0) is 28.7 Å². The van der Waals surface area contributed by atoms with Crippen molar-refractivity contribution in [2.45, 2.75) is 309 Å². The number of carbonyl (C=O) groups excluding carboxylic acids is 4. The largest absolute Gasteiger partial charge is 0.462 e. The highest BCUT2D eigenvalue weighted by Gasteiger charge is 2.23. The van der Waals surface area contributed by atoms with Gasteiger partial charge in [-0.3, -0.25) is 24.2 Å². The van der Waals surface area contributed by atoms with Gasteiger partial charge in [0, 0.05) is 39.0 Å². The van der Waals surface area contributed by atoms with E-state index in [1.807, 2.05) is 19.9 Å². The second kappa shape index (κ2) is 50.7. The number of nitrogens with one attached hydrogen (secondary N) is 2. The molecule has 9 unspecified atom stereocenters. The summed E-state index contributed by atoms with van der Waals surface area (Å²) >= 11 is 0. The molecule has 0 aromatic carbocycles. The minimum absolute atomic E-state index is 0.0415. The molecule has 1 amide bonds. The Hall–Kier alpha value is -2.46. The minimum Gasteiger partial charge on any atom is -0.462 e. The lowest BCUT2D eigenvalue weighted by atomic mass is 9.93. The average Bonchev–Trinajstić information content (AvgIpc) is 3.40. The number of carbonyl (C=O) groups is 4. The summed E-state index contributed by atoms with van der Waals surface area (Å²) in [5, 5.41) is 50.4. The van der Waals surface area contributed by atoms with E-state index in [1.165, 1.54) is 32.1 Å². The molecule has 0 saturated carbocycles. The van der Waals surface area contributed by atoms with Gasteiger partial charge < -0.3 is 45.3 Å². The highest BCUT2D eigenvalue weighted by molar-refractivity contribution is 5.84. The summed E-state index contributed by atoms with van der Waals surface area (Å²) < 4.78 is 11.4. The Morgan fingerprint density at radius 2 is 0.895 bits per heavy atom. The van der Waals surface area contributed by atoms with E-state index in [0.29, 0.717) is 123 Å². The summed E-state index contributed by atoms with van der Waals surface area (Å²) in [7, 11) is 1.74. The van der Waals surface area contributed by atoms with Crippen LogP contribution in [0.2, 0.25) is 0 Å². The lowest BCUT2D eigenvalue weighted by molar-refractivity contribution is -0.150. The molecular weight excluding hydrogens is 961 g/mol. The lowest BCUT2D eigenvalue weighted by Gasteiger charge is -2.28. The van der Waals surface area contributed by atoms with Gasteiger partial charge in [0.15, 0.2) is 0 Å². The van der Waals surface area contributed by atoms with Crippen molar-refractivity contribution in [2.75, 3.05) is 46.3 Å². The SMILES string of the molecule is C=CCCCCC(O)CN(CCCCC(C=O)NC(=O)C(CCCCN(CC(O)CCCCC(=O)OC(CC)CCCC)CC(O)CCCCC(=O)OC(CC)CCCC)NC)CC(O)CCCCC(CC)CCCC. The van der Waals surface area contributed by atoms with Gasteiger partial charge in [-0.1, -0.05) is 144 Å². The normalized spacial score (nSPS) is 15.4. The quantitative estimate of drug-likeness (QED) is 0.0146. The van der Waals surface area contributed by atoms with Crippen molar-refractivity contribution >= 4 is 24.1 Å². The molecule has 0 aliphatic carbocycles. The van der Waals surface area contributed by atoms with Crippen LogP contribution in [0.3, 0.4) is 0 Å². The first-order chi connectivity index (χ1) is 36.7. The second-order valence-corrected chi connectivity index (χ2v) is 22.3. The van der Waals surface area contributed by atoms with Gasteiger partial charge >= 0.3 is 11.9 Å². The van der Waals surface area contributed by atoms with Crippen LogP contribution in [0.15, 0.2) is 12.7 Å². The number of likely N-dealkylation sites (N-methyl/N-ethyl adjacent to an activating group) is 1. The maximum atomic E-state index is 13.5. The van der Waals surface area contributed by atoms with Gasteiger partial charge in [0.2, 0.25) is 5.91 Å². The fourth-order valence-corrected chi connectivity index (χ4v) is 10.2. The van der Waals surface area contributed by atoms with E-state index in [2.05, 4.69) is 54.7 Å². The van der Waals surface area contributed by atoms with Gasteiger partial charge in [-0.15, -0.1) is 6.58 Å². The van der Waals surface area contributed by atoms with Crippen LogP contribution in [0.4, 0.5) is 0 Å². The number of hydrogen-bond donors (Lipinski definition) is 6. The monoisotopic (exact) mass is 1080 g/mol. The molecule has 0 saturated heterocycles. The van der Waals surface area contributed by atoms with Crippen LogP contribution < -0.4 is 10.6 Å². The number of nitrogens with zero attached hydrogens (tertiary/aromatic N) is 2.